The number of aromatic nitrogens is 4. The molecule has 0 radical (unpaired) electrons. The Balaban J connectivity index is 1.28. The Morgan fingerprint density at radius 1 is 1.00 bits per heavy atom. The fraction of sp³-hybridized carbons (Fsp3) is 0.350. The molecule has 150 valence electrons. The molecule has 9 heteroatoms. The summed E-state index contributed by atoms with van der Waals surface area (Å²) in [6.07, 6.45) is 3.76. The minimum atomic E-state index is -0.0401. The lowest BCUT2D eigenvalue weighted by Gasteiger charge is -2.34. The van der Waals surface area contributed by atoms with Crippen molar-refractivity contribution in [1.29, 1.82) is 0 Å². The van der Waals surface area contributed by atoms with Gasteiger partial charge in [-0.15, -0.1) is 16.4 Å². The summed E-state index contributed by atoms with van der Waals surface area (Å²) in [4.78, 5) is 29.7. The third kappa shape index (κ3) is 4.51. The van der Waals surface area contributed by atoms with Gasteiger partial charge < -0.3 is 9.80 Å². The zero-order valence-electron chi connectivity index (χ0n) is 16.0. The maximum Gasteiger partial charge on any atom is 0.266 e. The topological polar surface area (TPSA) is 84.2 Å². The summed E-state index contributed by atoms with van der Waals surface area (Å²) in [6, 6.07) is 12.0. The lowest BCUT2D eigenvalue weighted by atomic mass is 10.1. The smallest absolute Gasteiger partial charge is 0.266 e. The molecule has 4 rings (SSSR count). The van der Waals surface area contributed by atoms with E-state index in [1.165, 1.54) is 27.9 Å². The second-order valence-electron chi connectivity index (χ2n) is 6.90. The van der Waals surface area contributed by atoms with Gasteiger partial charge in [0.15, 0.2) is 0 Å². The molecule has 3 aromatic rings. The average Bonchev–Trinajstić information content (AvgIpc) is 3.46. The van der Waals surface area contributed by atoms with E-state index in [2.05, 4.69) is 27.7 Å². The van der Waals surface area contributed by atoms with Gasteiger partial charge in [-0.05, 0) is 40.3 Å². The molecule has 0 N–H and O–H groups in total. The molecule has 1 saturated heterocycles. The number of tetrazole rings is 1. The molecule has 2 aromatic heterocycles. The van der Waals surface area contributed by atoms with Crippen LogP contribution in [0.1, 0.15) is 28.1 Å². The van der Waals surface area contributed by atoms with Crippen LogP contribution in [0.25, 0.3) is 5.69 Å². The van der Waals surface area contributed by atoms with Gasteiger partial charge in [0.1, 0.15) is 11.2 Å². The highest BCUT2D eigenvalue weighted by molar-refractivity contribution is 7.12. The average molecular weight is 411 g/mol. The second-order valence-corrected chi connectivity index (χ2v) is 7.82. The highest BCUT2D eigenvalue weighted by atomic mass is 32.1. The van der Waals surface area contributed by atoms with E-state index >= 15 is 0 Å². The molecule has 0 atom stereocenters. The van der Waals surface area contributed by atoms with Crippen LogP contribution in [-0.2, 0) is 11.2 Å². The Labute approximate surface area is 172 Å². The molecule has 8 nitrogen and oxygen atoms in total. The summed E-state index contributed by atoms with van der Waals surface area (Å²) in [6.45, 7) is 2.22. The van der Waals surface area contributed by atoms with Crippen molar-refractivity contribution in [3.63, 3.8) is 0 Å². The van der Waals surface area contributed by atoms with E-state index in [9.17, 15) is 9.59 Å². The van der Waals surface area contributed by atoms with E-state index in [1.807, 2.05) is 34.5 Å². The van der Waals surface area contributed by atoms with Crippen molar-refractivity contribution in [2.45, 2.75) is 19.3 Å². The first-order chi connectivity index (χ1) is 14.2. The van der Waals surface area contributed by atoms with Crippen molar-refractivity contribution in [2.24, 2.45) is 0 Å². The number of benzene rings is 1. The molecule has 29 heavy (non-hydrogen) atoms. The third-order valence-electron chi connectivity index (χ3n) is 5.05. The second kappa shape index (κ2) is 8.95. The van der Waals surface area contributed by atoms with Crippen LogP contribution in [0.3, 0.4) is 0 Å². The molecule has 1 aromatic carbocycles. The molecule has 0 aliphatic carbocycles. The molecule has 1 fully saturated rings. The monoisotopic (exact) mass is 410 g/mol. The maximum atomic E-state index is 12.9. The van der Waals surface area contributed by atoms with Crippen molar-refractivity contribution >= 4 is 23.2 Å². The third-order valence-corrected chi connectivity index (χ3v) is 5.94. The number of hydrogen-bond acceptors (Lipinski definition) is 6. The maximum absolute atomic E-state index is 12.9. The number of nitrogens with zero attached hydrogens (tertiary/aromatic N) is 6. The first-order valence-corrected chi connectivity index (χ1v) is 10.5. The van der Waals surface area contributed by atoms with Gasteiger partial charge in [-0.1, -0.05) is 30.3 Å². The molecule has 0 saturated carbocycles. The summed E-state index contributed by atoms with van der Waals surface area (Å²) in [5.41, 5.74) is 1.94. The molecule has 1 aliphatic heterocycles. The molecule has 0 spiro atoms. The van der Waals surface area contributed by atoms with Crippen LogP contribution in [0.15, 0.2) is 48.1 Å². The minimum Gasteiger partial charge on any atom is -0.339 e. The Morgan fingerprint density at radius 3 is 2.48 bits per heavy atom. The Hall–Kier alpha value is -3.07. The van der Waals surface area contributed by atoms with Crippen molar-refractivity contribution in [2.75, 3.05) is 26.2 Å². The van der Waals surface area contributed by atoms with E-state index in [4.69, 9.17) is 0 Å². The first kappa shape index (κ1) is 19.3. The van der Waals surface area contributed by atoms with Crippen molar-refractivity contribution < 1.29 is 9.59 Å². The highest BCUT2D eigenvalue weighted by Crippen LogP contribution is 2.22. The molecule has 2 amide bonds. The normalized spacial score (nSPS) is 14.2. The number of amides is 2. The van der Waals surface area contributed by atoms with E-state index < -0.39 is 0 Å². The van der Waals surface area contributed by atoms with Gasteiger partial charge in [0.2, 0.25) is 5.91 Å². The van der Waals surface area contributed by atoms with E-state index in [1.54, 1.807) is 4.90 Å². The van der Waals surface area contributed by atoms with Crippen LogP contribution < -0.4 is 0 Å². The number of aryl methyl sites for hydroxylation is 1. The van der Waals surface area contributed by atoms with E-state index in [-0.39, 0.29) is 11.8 Å². The lowest BCUT2D eigenvalue weighted by molar-refractivity contribution is -0.132. The quantitative estimate of drug-likeness (QED) is 0.621. The van der Waals surface area contributed by atoms with Crippen LogP contribution >= 0.6 is 11.3 Å². The lowest BCUT2D eigenvalue weighted by Crippen LogP contribution is -2.50. The number of thiophene rings is 1. The van der Waals surface area contributed by atoms with Gasteiger partial charge in [-0.2, -0.15) is 4.68 Å². The van der Waals surface area contributed by atoms with Crippen LogP contribution in [0.2, 0.25) is 0 Å². The fourth-order valence-electron chi connectivity index (χ4n) is 3.46. The first-order valence-electron chi connectivity index (χ1n) is 9.64. The summed E-state index contributed by atoms with van der Waals surface area (Å²) in [5.74, 6) is 0.125. The predicted molar refractivity (Wildman–Crippen MR) is 109 cm³/mol. The van der Waals surface area contributed by atoms with Crippen molar-refractivity contribution in [3.05, 3.63) is 58.5 Å². The summed E-state index contributed by atoms with van der Waals surface area (Å²) in [7, 11) is 0. The number of rotatable bonds is 6. The van der Waals surface area contributed by atoms with Crippen molar-refractivity contribution in [1.82, 2.24) is 30.0 Å². The predicted octanol–water partition coefficient (Wildman–Crippen LogP) is 2.03. The highest BCUT2D eigenvalue weighted by Gasteiger charge is 2.27. The minimum absolute atomic E-state index is 0.0401. The molecular formula is C20H22N6O2S. The Kier molecular flexibility index (Phi) is 5.95. The van der Waals surface area contributed by atoms with Gasteiger partial charge in [0, 0.05) is 32.6 Å². The summed E-state index contributed by atoms with van der Waals surface area (Å²) >= 11 is 1.38. The van der Waals surface area contributed by atoms with E-state index in [0.29, 0.717) is 43.2 Å². The van der Waals surface area contributed by atoms with Crippen LogP contribution in [0.5, 0.6) is 0 Å². The Bertz CT molecular complexity index is 949. The molecular weight excluding hydrogens is 388 g/mol. The van der Waals surface area contributed by atoms with Gasteiger partial charge in [0.05, 0.1) is 5.69 Å². The standard InChI is InChI=1S/C20H22N6O2S/c27-18(8-4-7-16-5-2-1-3-6-16)24-10-12-25(13-11-24)20(28)19-17(9-14-29-19)26-15-21-22-23-26/h1-3,5-6,9,14-15H,4,7-8,10-13H2. The SMILES string of the molecule is O=C(CCCc1ccccc1)N1CCN(C(=O)c2sccc2-n2cnnn2)CC1. The zero-order valence-corrected chi connectivity index (χ0v) is 16.8. The summed E-state index contributed by atoms with van der Waals surface area (Å²) in [5, 5.41) is 13.0. The molecule has 1 aliphatic rings. The molecule has 0 bridgehead atoms. The molecule has 3 heterocycles. The van der Waals surface area contributed by atoms with E-state index in [0.717, 1.165) is 12.8 Å². The summed E-state index contributed by atoms with van der Waals surface area (Å²) < 4.78 is 1.50. The number of carbonyl (C=O) groups is 2. The number of piperazine rings is 1. The Morgan fingerprint density at radius 2 is 1.76 bits per heavy atom. The van der Waals surface area contributed by atoms with Gasteiger partial charge in [-0.3, -0.25) is 9.59 Å². The van der Waals surface area contributed by atoms with Crippen molar-refractivity contribution in [3.8, 4) is 5.69 Å². The number of carbonyl (C=O) groups excluding carboxylic acids is 2. The molecule has 0 unspecified atom stereocenters. The number of hydrogen-bond donors (Lipinski definition) is 0. The fourth-order valence-corrected chi connectivity index (χ4v) is 4.31. The van der Waals surface area contributed by atoms with Crippen LogP contribution in [0, 0.1) is 0 Å². The zero-order chi connectivity index (χ0) is 20.1. The largest absolute Gasteiger partial charge is 0.339 e. The van der Waals surface area contributed by atoms with Gasteiger partial charge >= 0.3 is 0 Å². The van der Waals surface area contributed by atoms with Gasteiger partial charge in [0.25, 0.3) is 5.91 Å². The van der Waals surface area contributed by atoms with Gasteiger partial charge in [-0.25, -0.2) is 0 Å². The van der Waals surface area contributed by atoms with Crippen LogP contribution in [-0.4, -0.2) is 68.0 Å². The van der Waals surface area contributed by atoms with Crippen LogP contribution in [0.4, 0.5) is 0 Å².